The number of piperidine rings is 1. The number of hydrogen-bond donors (Lipinski definition) is 1. The number of methoxy groups -OCH3 is 1. The number of carbonyl (C=O) groups excluding carboxylic acids is 1. The average Bonchev–Trinajstić information content (AvgIpc) is 2.80. The number of aryl methyl sites for hydroxylation is 2. The lowest BCUT2D eigenvalue weighted by atomic mass is 9.93. The van der Waals surface area contributed by atoms with Crippen molar-refractivity contribution in [2.24, 2.45) is 0 Å². The van der Waals surface area contributed by atoms with Crippen LogP contribution in [0.2, 0.25) is 0 Å². The first-order valence-corrected chi connectivity index (χ1v) is 10.6. The number of aromatic nitrogens is 2. The van der Waals surface area contributed by atoms with Crippen LogP contribution in [-0.4, -0.2) is 41.0 Å². The monoisotopic (exact) mass is 416 g/mol. The van der Waals surface area contributed by atoms with E-state index < -0.39 is 0 Å². The first-order valence-electron chi connectivity index (χ1n) is 10.6. The molecule has 1 aliphatic rings. The summed E-state index contributed by atoms with van der Waals surface area (Å²) in [5, 5.41) is 3.42. The molecule has 0 spiro atoms. The first kappa shape index (κ1) is 20.8. The number of benzene rings is 1. The second-order valence-corrected chi connectivity index (χ2v) is 8.04. The lowest BCUT2D eigenvalue weighted by Gasteiger charge is -2.33. The number of likely N-dealkylation sites (tertiary alicyclic amines) is 1. The van der Waals surface area contributed by atoms with Gasteiger partial charge in [-0.25, -0.2) is 4.98 Å². The fourth-order valence-electron chi connectivity index (χ4n) is 4.07. The van der Waals surface area contributed by atoms with E-state index in [9.17, 15) is 4.79 Å². The molecule has 1 aromatic carbocycles. The van der Waals surface area contributed by atoms with Crippen LogP contribution in [0.15, 0.2) is 54.7 Å². The molecule has 3 aromatic rings. The van der Waals surface area contributed by atoms with E-state index in [-0.39, 0.29) is 11.8 Å². The van der Waals surface area contributed by atoms with Crippen LogP contribution in [0.3, 0.4) is 0 Å². The predicted octanol–water partition coefficient (Wildman–Crippen LogP) is 4.87. The highest BCUT2D eigenvalue weighted by Gasteiger charge is 2.27. The number of amides is 1. The molecule has 1 fully saturated rings. The molecule has 160 valence electrons. The zero-order valence-corrected chi connectivity index (χ0v) is 18.3. The molecule has 0 bridgehead atoms. The Morgan fingerprint density at radius 3 is 2.84 bits per heavy atom. The van der Waals surface area contributed by atoms with Gasteiger partial charge in [-0.3, -0.25) is 9.78 Å². The molecule has 3 heterocycles. The molecule has 6 heteroatoms. The molecular formula is C25H28N4O2. The number of carbonyl (C=O) groups is 1. The van der Waals surface area contributed by atoms with Crippen molar-refractivity contribution in [1.82, 2.24) is 14.9 Å². The summed E-state index contributed by atoms with van der Waals surface area (Å²) in [6.45, 7) is 5.46. The van der Waals surface area contributed by atoms with Gasteiger partial charge in [0.25, 0.3) is 5.91 Å². The summed E-state index contributed by atoms with van der Waals surface area (Å²) >= 11 is 0. The van der Waals surface area contributed by atoms with Crippen LogP contribution in [0.25, 0.3) is 0 Å². The molecule has 31 heavy (non-hydrogen) atoms. The lowest BCUT2D eigenvalue weighted by molar-refractivity contribution is 0.0705. The number of pyridine rings is 2. The SMILES string of the molecule is COc1cccc(C(=O)N2CCCC(c3cc(Nc4ncccc4C)cc(C)n3)C2)c1. The fraction of sp³-hybridized carbons (Fsp3) is 0.320. The zero-order valence-electron chi connectivity index (χ0n) is 18.3. The zero-order chi connectivity index (χ0) is 21.8. The molecule has 1 amide bonds. The highest BCUT2D eigenvalue weighted by Crippen LogP contribution is 2.30. The van der Waals surface area contributed by atoms with Gasteiger partial charge in [-0.15, -0.1) is 0 Å². The fourth-order valence-corrected chi connectivity index (χ4v) is 4.07. The third-order valence-corrected chi connectivity index (χ3v) is 5.69. The first-order chi connectivity index (χ1) is 15.0. The standard InChI is InChI=1S/C25H28N4O2/c1-17-7-5-11-26-24(17)28-21-13-18(2)27-23(15-21)20-9-6-12-29(16-20)25(30)19-8-4-10-22(14-19)31-3/h4-5,7-8,10-11,13-15,20H,6,9,12,16H2,1-3H3,(H,26,27,28). The van der Waals surface area contributed by atoms with E-state index in [1.54, 1.807) is 19.4 Å². The third kappa shape index (κ3) is 4.85. The van der Waals surface area contributed by atoms with Crippen molar-refractivity contribution in [2.75, 3.05) is 25.5 Å². The van der Waals surface area contributed by atoms with Crippen LogP contribution in [-0.2, 0) is 0 Å². The number of nitrogens with one attached hydrogen (secondary N) is 1. The van der Waals surface area contributed by atoms with Crippen molar-refractivity contribution in [2.45, 2.75) is 32.6 Å². The quantitative estimate of drug-likeness (QED) is 0.643. The summed E-state index contributed by atoms with van der Waals surface area (Å²) in [5.74, 6) is 1.78. The number of ether oxygens (including phenoxy) is 1. The van der Waals surface area contributed by atoms with Crippen molar-refractivity contribution in [1.29, 1.82) is 0 Å². The summed E-state index contributed by atoms with van der Waals surface area (Å²) < 4.78 is 5.27. The van der Waals surface area contributed by atoms with Gasteiger partial charge in [-0.1, -0.05) is 12.1 Å². The Kier molecular flexibility index (Phi) is 6.16. The van der Waals surface area contributed by atoms with Crippen molar-refractivity contribution in [3.8, 4) is 5.75 Å². The maximum Gasteiger partial charge on any atom is 0.254 e. The molecule has 1 saturated heterocycles. The van der Waals surface area contributed by atoms with Crippen LogP contribution >= 0.6 is 0 Å². The summed E-state index contributed by atoms with van der Waals surface area (Å²) in [4.78, 5) is 24.3. The topological polar surface area (TPSA) is 67.3 Å². The normalized spacial score (nSPS) is 16.1. The Morgan fingerprint density at radius 2 is 2.03 bits per heavy atom. The van der Waals surface area contributed by atoms with Crippen LogP contribution in [0.5, 0.6) is 5.75 Å². The van der Waals surface area contributed by atoms with E-state index in [0.717, 1.165) is 47.8 Å². The molecule has 0 saturated carbocycles. The minimum Gasteiger partial charge on any atom is -0.497 e. The number of rotatable bonds is 5. The molecule has 1 unspecified atom stereocenters. The van der Waals surface area contributed by atoms with E-state index in [2.05, 4.69) is 16.4 Å². The number of hydrogen-bond acceptors (Lipinski definition) is 5. The summed E-state index contributed by atoms with van der Waals surface area (Å²) in [7, 11) is 1.61. The summed E-state index contributed by atoms with van der Waals surface area (Å²) in [6.07, 6.45) is 3.76. The highest BCUT2D eigenvalue weighted by molar-refractivity contribution is 5.94. The van der Waals surface area contributed by atoms with Gasteiger partial charge in [0, 0.05) is 47.8 Å². The Labute approximate surface area is 183 Å². The summed E-state index contributed by atoms with van der Waals surface area (Å²) in [5.41, 5.74) is 4.68. The van der Waals surface area contributed by atoms with Crippen LogP contribution in [0.4, 0.5) is 11.5 Å². The molecule has 1 atom stereocenters. The third-order valence-electron chi connectivity index (χ3n) is 5.69. The number of nitrogens with zero attached hydrogens (tertiary/aromatic N) is 3. The van der Waals surface area contributed by atoms with Crippen molar-refractivity contribution < 1.29 is 9.53 Å². The van der Waals surface area contributed by atoms with Gasteiger partial charge in [0.05, 0.1) is 7.11 Å². The van der Waals surface area contributed by atoms with E-state index in [1.807, 2.05) is 55.1 Å². The van der Waals surface area contributed by atoms with Gasteiger partial charge in [0.2, 0.25) is 0 Å². The molecule has 0 radical (unpaired) electrons. The van der Waals surface area contributed by atoms with Gasteiger partial charge >= 0.3 is 0 Å². The number of anilines is 2. The Balaban J connectivity index is 1.53. The van der Waals surface area contributed by atoms with E-state index >= 15 is 0 Å². The Hall–Kier alpha value is -3.41. The largest absolute Gasteiger partial charge is 0.497 e. The van der Waals surface area contributed by atoms with Crippen LogP contribution in [0.1, 0.15) is 46.1 Å². The second kappa shape index (κ2) is 9.16. The minimum absolute atomic E-state index is 0.0405. The summed E-state index contributed by atoms with van der Waals surface area (Å²) in [6, 6.07) is 15.4. The van der Waals surface area contributed by atoms with Gasteiger partial charge in [-0.05, 0) is 68.7 Å². The average molecular weight is 417 g/mol. The molecular weight excluding hydrogens is 388 g/mol. The second-order valence-electron chi connectivity index (χ2n) is 8.04. The maximum atomic E-state index is 13.1. The van der Waals surface area contributed by atoms with E-state index in [4.69, 9.17) is 9.72 Å². The van der Waals surface area contributed by atoms with Crippen molar-refractivity contribution >= 4 is 17.4 Å². The molecule has 2 aromatic heterocycles. The molecule has 4 rings (SSSR count). The Morgan fingerprint density at radius 1 is 1.16 bits per heavy atom. The van der Waals surface area contributed by atoms with Gasteiger partial charge in [0.15, 0.2) is 0 Å². The van der Waals surface area contributed by atoms with Crippen molar-refractivity contribution in [3.63, 3.8) is 0 Å². The molecule has 6 nitrogen and oxygen atoms in total. The minimum atomic E-state index is 0.0405. The molecule has 0 aliphatic carbocycles. The highest BCUT2D eigenvalue weighted by atomic mass is 16.5. The van der Waals surface area contributed by atoms with E-state index in [1.165, 1.54) is 0 Å². The lowest BCUT2D eigenvalue weighted by Crippen LogP contribution is -2.39. The van der Waals surface area contributed by atoms with Crippen LogP contribution < -0.4 is 10.1 Å². The van der Waals surface area contributed by atoms with Gasteiger partial charge in [0.1, 0.15) is 11.6 Å². The molecule has 1 N–H and O–H groups in total. The van der Waals surface area contributed by atoms with Crippen molar-refractivity contribution in [3.05, 3.63) is 77.2 Å². The molecule has 1 aliphatic heterocycles. The van der Waals surface area contributed by atoms with Crippen LogP contribution in [0, 0.1) is 13.8 Å². The maximum absolute atomic E-state index is 13.1. The van der Waals surface area contributed by atoms with E-state index in [0.29, 0.717) is 17.9 Å². The van der Waals surface area contributed by atoms with Gasteiger partial charge in [-0.2, -0.15) is 0 Å². The van der Waals surface area contributed by atoms with Gasteiger partial charge < -0.3 is 15.0 Å². The smallest absolute Gasteiger partial charge is 0.254 e. The predicted molar refractivity (Wildman–Crippen MR) is 122 cm³/mol. The Bertz CT molecular complexity index is 1080.